The Bertz CT molecular complexity index is 884. The van der Waals surface area contributed by atoms with Crippen molar-refractivity contribution in [3.05, 3.63) is 82.9 Å². The average Bonchev–Trinajstić information content (AvgIpc) is 2.86. The van der Waals surface area contributed by atoms with E-state index in [0.717, 1.165) is 0 Å². The van der Waals surface area contributed by atoms with Gasteiger partial charge in [0.25, 0.3) is 0 Å². The van der Waals surface area contributed by atoms with E-state index in [1.54, 1.807) is 24.7 Å². The molecule has 1 aliphatic rings. The topological polar surface area (TPSA) is 0 Å². The summed E-state index contributed by atoms with van der Waals surface area (Å²) < 4.78 is 0.555. The van der Waals surface area contributed by atoms with Crippen LogP contribution in [0.1, 0.15) is 25.9 Å². The molecular formula is C20H15Cl2Zr. The zero-order valence-electron chi connectivity index (χ0n) is 12.7. The van der Waals surface area contributed by atoms with Gasteiger partial charge in [-0.25, -0.2) is 0 Å². The normalized spacial score (nSPS) is 15.4. The van der Waals surface area contributed by atoms with Gasteiger partial charge < -0.3 is 24.8 Å². The minimum atomic E-state index is 0. The standard InChI is InChI=1S/C20H15.2ClH.Zr/c1-14-10-11-19(20-9-5-4-8-18(14)20)17-12-15-6-2-3-7-16(15)13-17;;;/h2-13H,1H3;2*1H;/q;;;+2/p-2. The van der Waals surface area contributed by atoms with Crippen molar-refractivity contribution in [2.75, 3.05) is 0 Å². The first kappa shape index (κ1) is 18.5. The van der Waals surface area contributed by atoms with Gasteiger partial charge >= 0.3 is 141 Å². The Hall–Kier alpha value is -0.877. The number of rotatable bonds is 1. The molecule has 1 aliphatic carbocycles. The Morgan fingerprint density at radius 1 is 0.783 bits per heavy atom. The number of hydrogen-bond donors (Lipinski definition) is 0. The molecule has 0 saturated heterocycles. The van der Waals surface area contributed by atoms with E-state index < -0.39 is 0 Å². The van der Waals surface area contributed by atoms with E-state index in [-0.39, 0.29) is 24.8 Å². The van der Waals surface area contributed by atoms with E-state index in [0.29, 0.717) is 3.63 Å². The molecule has 0 N–H and O–H groups in total. The number of halogens is 2. The average molecular weight is 417 g/mol. The van der Waals surface area contributed by atoms with Crippen molar-refractivity contribution in [3.63, 3.8) is 0 Å². The summed E-state index contributed by atoms with van der Waals surface area (Å²) in [4.78, 5) is 0. The van der Waals surface area contributed by atoms with Gasteiger partial charge in [-0.2, -0.15) is 0 Å². The Balaban J connectivity index is 0.000000960. The summed E-state index contributed by atoms with van der Waals surface area (Å²) in [7, 11) is 0. The second-order valence-electron chi connectivity index (χ2n) is 5.64. The third-order valence-electron chi connectivity index (χ3n) is 4.38. The van der Waals surface area contributed by atoms with Gasteiger partial charge in [-0.3, -0.25) is 0 Å². The van der Waals surface area contributed by atoms with Crippen LogP contribution in [0.4, 0.5) is 0 Å². The molecule has 3 aromatic rings. The number of aryl methyl sites for hydroxylation is 1. The summed E-state index contributed by atoms with van der Waals surface area (Å²) in [5, 5.41) is 2.75. The Labute approximate surface area is 164 Å². The summed E-state index contributed by atoms with van der Waals surface area (Å²) in [6, 6.07) is 22.1. The van der Waals surface area contributed by atoms with Crippen LogP contribution in [0.2, 0.25) is 0 Å². The molecule has 23 heavy (non-hydrogen) atoms. The number of benzene rings is 3. The molecule has 3 aromatic carbocycles. The van der Waals surface area contributed by atoms with E-state index in [9.17, 15) is 0 Å². The van der Waals surface area contributed by atoms with Crippen LogP contribution in [0.15, 0.2) is 60.7 Å². The molecule has 3 heteroatoms. The van der Waals surface area contributed by atoms with Crippen molar-refractivity contribution < 1.29 is 49.5 Å². The van der Waals surface area contributed by atoms with Crippen LogP contribution in [0.3, 0.4) is 0 Å². The van der Waals surface area contributed by atoms with Gasteiger partial charge in [0, 0.05) is 0 Å². The van der Waals surface area contributed by atoms with Crippen molar-refractivity contribution in [2.24, 2.45) is 0 Å². The fourth-order valence-electron chi connectivity index (χ4n) is 3.26. The number of hydrogen-bond acceptors (Lipinski definition) is 0. The van der Waals surface area contributed by atoms with Gasteiger partial charge in [0.2, 0.25) is 0 Å². The van der Waals surface area contributed by atoms with Gasteiger partial charge in [0.05, 0.1) is 0 Å². The Morgan fingerprint density at radius 3 is 2.17 bits per heavy atom. The molecule has 1 atom stereocenters. The first-order chi connectivity index (χ1) is 10.3. The Kier molecular flexibility index (Phi) is 5.90. The number of allylic oxidation sites excluding steroid dienone is 1. The molecule has 0 saturated carbocycles. The molecule has 113 valence electrons. The van der Waals surface area contributed by atoms with Gasteiger partial charge in [-0.1, -0.05) is 0 Å². The summed E-state index contributed by atoms with van der Waals surface area (Å²) in [6.07, 6.45) is 2.38. The predicted molar refractivity (Wildman–Crippen MR) is 85.7 cm³/mol. The first-order valence-corrected chi connectivity index (χ1v) is 8.68. The quantitative estimate of drug-likeness (QED) is 0.491. The number of fused-ring (bicyclic) bond motifs is 2. The summed E-state index contributed by atoms with van der Waals surface area (Å²) in [5.74, 6) is 0. The van der Waals surface area contributed by atoms with Crippen LogP contribution in [0.25, 0.3) is 22.4 Å². The van der Waals surface area contributed by atoms with E-state index in [1.807, 2.05) is 0 Å². The maximum absolute atomic E-state index is 2.38. The monoisotopic (exact) mass is 415 g/mol. The fraction of sp³-hybridized carbons (Fsp3) is 0.100. The van der Waals surface area contributed by atoms with E-state index in [1.165, 1.54) is 38.6 Å². The Morgan fingerprint density at radius 2 is 1.43 bits per heavy atom. The zero-order valence-corrected chi connectivity index (χ0v) is 16.7. The molecule has 0 fully saturated rings. The van der Waals surface area contributed by atoms with E-state index in [2.05, 4.69) is 73.7 Å². The zero-order chi connectivity index (χ0) is 14.4. The fourth-order valence-corrected chi connectivity index (χ4v) is 4.49. The largest absolute Gasteiger partial charge is 1.00 e. The van der Waals surface area contributed by atoms with Crippen LogP contribution in [-0.4, -0.2) is 0 Å². The molecule has 0 nitrogen and oxygen atoms in total. The van der Waals surface area contributed by atoms with Gasteiger partial charge in [0.1, 0.15) is 0 Å². The predicted octanol–water partition coefficient (Wildman–Crippen LogP) is -0.702. The molecule has 0 bridgehead atoms. The molecule has 0 aromatic heterocycles. The smallest absolute Gasteiger partial charge is 1.00 e. The van der Waals surface area contributed by atoms with Crippen molar-refractivity contribution in [3.8, 4) is 0 Å². The van der Waals surface area contributed by atoms with Gasteiger partial charge in [-0.05, 0) is 0 Å². The first-order valence-electron chi connectivity index (χ1n) is 7.26. The van der Waals surface area contributed by atoms with Crippen LogP contribution >= 0.6 is 0 Å². The molecule has 0 aliphatic heterocycles. The van der Waals surface area contributed by atoms with Crippen molar-refractivity contribution in [2.45, 2.75) is 10.5 Å². The van der Waals surface area contributed by atoms with Crippen LogP contribution in [0, 0.1) is 6.92 Å². The minimum Gasteiger partial charge on any atom is -1.00 e. The second-order valence-corrected chi connectivity index (χ2v) is 7.06. The van der Waals surface area contributed by atoms with Crippen LogP contribution in [-0.2, 0) is 24.7 Å². The third-order valence-corrected chi connectivity index (χ3v) is 5.91. The van der Waals surface area contributed by atoms with Crippen molar-refractivity contribution in [1.29, 1.82) is 0 Å². The summed E-state index contributed by atoms with van der Waals surface area (Å²) >= 11 is 1.56. The maximum Gasteiger partial charge on any atom is -1.00 e. The third kappa shape index (κ3) is 3.07. The SMILES string of the molecule is Cc1ccc(C2=Cc3ccccc3[CH]2[Zr+2])c2ccccc12.[Cl-].[Cl-]. The minimum absolute atomic E-state index is 0. The van der Waals surface area contributed by atoms with E-state index in [4.69, 9.17) is 0 Å². The molecule has 4 rings (SSSR count). The molecule has 0 heterocycles. The molecule has 0 radical (unpaired) electrons. The van der Waals surface area contributed by atoms with Crippen LogP contribution < -0.4 is 24.8 Å². The molecule has 1 unspecified atom stereocenters. The molecular weight excluding hydrogens is 402 g/mol. The van der Waals surface area contributed by atoms with Gasteiger partial charge in [-0.15, -0.1) is 0 Å². The van der Waals surface area contributed by atoms with Crippen molar-refractivity contribution >= 4 is 22.4 Å². The van der Waals surface area contributed by atoms with E-state index >= 15 is 0 Å². The van der Waals surface area contributed by atoms with Crippen molar-refractivity contribution in [1.82, 2.24) is 0 Å². The summed E-state index contributed by atoms with van der Waals surface area (Å²) in [5.41, 5.74) is 7.10. The molecule has 0 amide bonds. The maximum atomic E-state index is 2.38. The second kappa shape index (κ2) is 7.35. The summed E-state index contributed by atoms with van der Waals surface area (Å²) in [6.45, 7) is 2.19. The van der Waals surface area contributed by atoms with Crippen LogP contribution in [0.5, 0.6) is 0 Å². The van der Waals surface area contributed by atoms with Gasteiger partial charge in [0.15, 0.2) is 0 Å². The molecule has 0 spiro atoms.